The molecule has 3 N–H and O–H groups in total. The highest BCUT2D eigenvalue weighted by molar-refractivity contribution is 7.98. The van der Waals surface area contributed by atoms with E-state index in [2.05, 4.69) is 72.3 Å². The quantitative estimate of drug-likeness (QED) is 0.184. The molecule has 0 aliphatic carbocycles. The van der Waals surface area contributed by atoms with Crippen LogP contribution in [0.5, 0.6) is 0 Å². The second-order valence-corrected chi connectivity index (χ2v) is 10.5. The number of hydrogen-bond donors (Lipinski definition) is 4. The molecule has 0 fully saturated rings. The molecule has 194 valence electrons. The molecule has 0 unspecified atom stereocenters. The average Bonchev–Trinajstić information content (AvgIpc) is 2.85. The first-order valence-corrected chi connectivity index (χ1v) is 14.5. The molecule has 0 saturated heterocycles. The molecule has 2 aromatic rings. The second kappa shape index (κ2) is 16.1. The van der Waals surface area contributed by atoms with E-state index >= 15 is 0 Å². The van der Waals surface area contributed by atoms with Gasteiger partial charge in [-0.1, -0.05) is 62.7 Å². The van der Waals surface area contributed by atoms with Gasteiger partial charge in [-0.2, -0.15) is 24.4 Å². The Morgan fingerprint density at radius 3 is 2.60 bits per heavy atom. The predicted octanol–water partition coefficient (Wildman–Crippen LogP) is 4.29. The lowest BCUT2D eigenvalue weighted by Gasteiger charge is -2.32. The zero-order valence-corrected chi connectivity index (χ0v) is 22.9. The van der Waals surface area contributed by atoms with Crippen molar-refractivity contribution in [1.82, 2.24) is 15.5 Å². The van der Waals surface area contributed by atoms with Crippen molar-refractivity contribution in [3.8, 4) is 0 Å². The number of carbonyl (C=O) groups excluding carboxylic acids is 1. The third kappa shape index (κ3) is 10.0. The molecule has 35 heavy (non-hydrogen) atoms. The van der Waals surface area contributed by atoms with E-state index in [9.17, 15) is 14.7 Å². The smallest absolute Gasteiger partial charge is 0.326 e. The van der Waals surface area contributed by atoms with E-state index in [4.69, 9.17) is 0 Å². The Bertz CT molecular complexity index is 922. The van der Waals surface area contributed by atoms with E-state index in [-0.39, 0.29) is 18.5 Å². The second-order valence-electron chi connectivity index (χ2n) is 9.07. The number of thiol groups is 1. The van der Waals surface area contributed by atoms with Crippen LogP contribution in [0.3, 0.4) is 0 Å². The van der Waals surface area contributed by atoms with Gasteiger partial charge in [0.25, 0.3) is 0 Å². The molecule has 3 atom stereocenters. The summed E-state index contributed by atoms with van der Waals surface area (Å²) in [6.45, 7) is 6.75. The number of nitrogens with zero attached hydrogens (tertiary/aromatic N) is 1. The minimum absolute atomic E-state index is 0.146. The Hall–Kier alpha value is -1.74. The number of carbonyl (C=O) groups is 2. The number of carboxylic acids is 1. The standard InChI is InChI=1S/C27H41N3O3S2/c1-4-20(2)25(28-14-8-15-34)18-30(19-26(31)29-24(27(32)33)13-16-35-3)17-22-11-7-10-21-9-5-6-12-23(21)22/h5-7,9-12,20,24-25,28,34H,4,8,13-19H2,1-3H3,(H,29,31)(H,32,33)/t20-,24-,25+/m0/s1. The summed E-state index contributed by atoms with van der Waals surface area (Å²) in [7, 11) is 0. The van der Waals surface area contributed by atoms with Crippen LogP contribution in [0.4, 0.5) is 0 Å². The fraction of sp³-hybridized carbons (Fsp3) is 0.556. The van der Waals surface area contributed by atoms with E-state index in [0.29, 0.717) is 31.2 Å². The highest BCUT2D eigenvalue weighted by Gasteiger charge is 2.24. The molecule has 0 aliphatic rings. The minimum Gasteiger partial charge on any atom is -0.480 e. The Morgan fingerprint density at radius 2 is 1.91 bits per heavy atom. The minimum atomic E-state index is -0.987. The average molecular weight is 520 g/mol. The molecule has 0 saturated carbocycles. The molecule has 2 rings (SSSR count). The van der Waals surface area contributed by atoms with Crippen molar-refractivity contribution in [2.75, 3.05) is 37.4 Å². The molecule has 8 heteroatoms. The van der Waals surface area contributed by atoms with Gasteiger partial charge >= 0.3 is 5.97 Å². The zero-order valence-electron chi connectivity index (χ0n) is 21.2. The zero-order chi connectivity index (χ0) is 25.6. The van der Waals surface area contributed by atoms with Crippen molar-refractivity contribution < 1.29 is 14.7 Å². The van der Waals surface area contributed by atoms with Gasteiger partial charge in [-0.3, -0.25) is 9.69 Å². The Kier molecular flexibility index (Phi) is 13.6. The first-order valence-electron chi connectivity index (χ1n) is 12.4. The van der Waals surface area contributed by atoms with Gasteiger partial charge in [0, 0.05) is 19.1 Å². The largest absolute Gasteiger partial charge is 0.480 e. The molecule has 6 nitrogen and oxygen atoms in total. The first kappa shape index (κ1) is 29.5. The summed E-state index contributed by atoms with van der Waals surface area (Å²) in [5.41, 5.74) is 1.16. The lowest BCUT2D eigenvalue weighted by atomic mass is 9.97. The highest BCUT2D eigenvalue weighted by Crippen LogP contribution is 2.21. The summed E-state index contributed by atoms with van der Waals surface area (Å²) in [6, 6.07) is 13.9. The van der Waals surface area contributed by atoms with Crippen molar-refractivity contribution in [3.05, 3.63) is 48.0 Å². The van der Waals surface area contributed by atoms with Crippen molar-refractivity contribution >= 4 is 47.0 Å². The maximum atomic E-state index is 13.0. The van der Waals surface area contributed by atoms with Crippen LogP contribution in [-0.2, 0) is 16.1 Å². The molecule has 0 spiro atoms. The molecule has 0 radical (unpaired) electrons. The van der Waals surface area contributed by atoms with Crippen LogP contribution in [0.15, 0.2) is 42.5 Å². The summed E-state index contributed by atoms with van der Waals surface area (Å²) in [4.78, 5) is 26.8. The molecule has 2 aromatic carbocycles. The number of benzene rings is 2. The van der Waals surface area contributed by atoms with Crippen LogP contribution in [0.1, 0.15) is 38.7 Å². The number of nitrogens with one attached hydrogen (secondary N) is 2. The number of thioether (sulfide) groups is 1. The van der Waals surface area contributed by atoms with Gasteiger partial charge in [0.2, 0.25) is 5.91 Å². The molecule has 0 bridgehead atoms. The van der Waals surface area contributed by atoms with Gasteiger partial charge in [0.05, 0.1) is 6.54 Å². The summed E-state index contributed by atoms with van der Waals surface area (Å²) < 4.78 is 0. The van der Waals surface area contributed by atoms with Gasteiger partial charge in [0.15, 0.2) is 0 Å². The van der Waals surface area contributed by atoms with Crippen LogP contribution in [0.25, 0.3) is 10.8 Å². The van der Waals surface area contributed by atoms with Gasteiger partial charge in [-0.25, -0.2) is 4.79 Å². The SMILES string of the molecule is CC[C@H](C)[C@@H](CN(CC(=O)N[C@@H](CCSC)C(=O)O)Cc1cccc2ccccc12)NCCCS. The molecular weight excluding hydrogens is 478 g/mol. The number of rotatable bonds is 17. The maximum Gasteiger partial charge on any atom is 0.326 e. The van der Waals surface area contributed by atoms with E-state index in [1.54, 1.807) is 11.8 Å². The highest BCUT2D eigenvalue weighted by atomic mass is 32.2. The monoisotopic (exact) mass is 519 g/mol. The fourth-order valence-corrected chi connectivity index (χ4v) is 4.80. The third-order valence-electron chi connectivity index (χ3n) is 6.41. The van der Waals surface area contributed by atoms with Gasteiger partial charge < -0.3 is 15.7 Å². The maximum absolute atomic E-state index is 13.0. The topological polar surface area (TPSA) is 81.7 Å². The molecule has 0 heterocycles. The lowest BCUT2D eigenvalue weighted by molar-refractivity contribution is -0.142. The summed E-state index contributed by atoms with van der Waals surface area (Å²) in [5, 5.41) is 18.3. The predicted molar refractivity (Wildman–Crippen MR) is 152 cm³/mol. The summed E-state index contributed by atoms with van der Waals surface area (Å²) in [6.07, 6.45) is 4.35. The normalized spacial score (nSPS) is 14.1. The molecule has 0 aliphatic heterocycles. The lowest BCUT2D eigenvalue weighted by Crippen LogP contribution is -2.50. The fourth-order valence-electron chi connectivity index (χ4n) is 4.17. The first-order chi connectivity index (χ1) is 16.9. The van der Waals surface area contributed by atoms with E-state index in [1.165, 1.54) is 10.8 Å². The number of carboxylic acid groups (broad SMARTS) is 1. The Labute approximate surface area is 220 Å². The Morgan fingerprint density at radius 1 is 1.17 bits per heavy atom. The molecule has 0 aromatic heterocycles. The van der Waals surface area contributed by atoms with Crippen LogP contribution < -0.4 is 10.6 Å². The van der Waals surface area contributed by atoms with Crippen LogP contribution in [-0.4, -0.2) is 71.4 Å². The van der Waals surface area contributed by atoms with E-state index < -0.39 is 12.0 Å². The van der Waals surface area contributed by atoms with Crippen molar-refractivity contribution in [1.29, 1.82) is 0 Å². The van der Waals surface area contributed by atoms with Crippen LogP contribution in [0, 0.1) is 5.92 Å². The number of aliphatic carboxylic acids is 1. The number of hydrogen-bond acceptors (Lipinski definition) is 6. The Balaban J connectivity index is 2.24. The number of amides is 1. The molecular formula is C27H41N3O3S2. The van der Waals surface area contributed by atoms with Crippen molar-refractivity contribution in [2.45, 2.75) is 51.7 Å². The summed E-state index contributed by atoms with van der Waals surface area (Å²) in [5.74, 6) is 0.703. The van der Waals surface area contributed by atoms with Gasteiger partial charge in [-0.05, 0) is 59.4 Å². The van der Waals surface area contributed by atoms with E-state index in [1.807, 2.05) is 18.4 Å². The van der Waals surface area contributed by atoms with Crippen molar-refractivity contribution in [2.24, 2.45) is 5.92 Å². The van der Waals surface area contributed by atoms with Crippen LogP contribution in [0.2, 0.25) is 0 Å². The molecule has 1 amide bonds. The van der Waals surface area contributed by atoms with E-state index in [0.717, 1.165) is 30.7 Å². The van der Waals surface area contributed by atoms with Gasteiger partial charge in [0.1, 0.15) is 6.04 Å². The number of fused-ring (bicyclic) bond motifs is 1. The third-order valence-corrected chi connectivity index (χ3v) is 7.37. The van der Waals surface area contributed by atoms with Crippen LogP contribution >= 0.6 is 24.4 Å². The van der Waals surface area contributed by atoms with Crippen molar-refractivity contribution in [3.63, 3.8) is 0 Å². The van der Waals surface area contributed by atoms with Gasteiger partial charge in [-0.15, -0.1) is 0 Å². The summed E-state index contributed by atoms with van der Waals surface area (Å²) >= 11 is 5.91.